The number of amides is 1. The number of benzene rings is 2. The highest BCUT2D eigenvalue weighted by atomic mass is 35.5. The molecular formula is C23H21ClF2N2O5S. The molecule has 7 nitrogen and oxygen atoms in total. The van der Waals surface area contributed by atoms with E-state index in [1.165, 1.54) is 0 Å². The smallest absolute Gasteiger partial charge is 0.348 e. The van der Waals surface area contributed by atoms with Crippen LogP contribution in [0.3, 0.4) is 0 Å². The van der Waals surface area contributed by atoms with Crippen molar-refractivity contribution in [3.05, 3.63) is 63.0 Å². The number of carbonyl (C=O) groups is 2. The number of fused-ring (bicyclic) bond motifs is 1. The van der Waals surface area contributed by atoms with E-state index < -0.39 is 29.3 Å². The van der Waals surface area contributed by atoms with E-state index in [4.69, 9.17) is 31.5 Å². The Balaban J connectivity index is 1.56. The van der Waals surface area contributed by atoms with Crippen LogP contribution in [0.15, 0.2) is 30.3 Å². The standard InChI is InChI=1S/C23H21ClF2N2O5S/c24-15-2-1-3-18-19(15)14(12-33-20-16(25)10-13(22(27)29)11-17(20)26)21(34-18)23(30)32-9-6-28-4-7-31-8-5-28/h1-3,10-11H,4-9,12H2,(H2,27,29). The van der Waals surface area contributed by atoms with Crippen LogP contribution in [-0.4, -0.2) is 56.2 Å². The van der Waals surface area contributed by atoms with Gasteiger partial charge in [-0.15, -0.1) is 11.3 Å². The van der Waals surface area contributed by atoms with Crippen LogP contribution in [0.5, 0.6) is 5.75 Å². The lowest BCUT2D eigenvalue weighted by atomic mass is 10.1. The Morgan fingerprint density at radius 2 is 1.88 bits per heavy atom. The van der Waals surface area contributed by atoms with Crippen LogP contribution in [0.2, 0.25) is 5.02 Å². The molecule has 3 aromatic rings. The highest BCUT2D eigenvalue weighted by Crippen LogP contribution is 2.37. The summed E-state index contributed by atoms with van der Waals surface area (Å²) >= 11 is 7.53. The lowest BCUT2D eigenvalue weighted by molar-refractivity contribution is 0.0197. The predicted octanol–water partition coefficient (Wildman–Crippen LogP) is 4.00. The van der Waals surface area contributed by atoms with E-state index in [0.29, 0.717) is 40.4 Å². The minimum Gasteiger partial charge on any atom is -0.483 e. The minimum atomic E-state index is -1.09. The zero-order valence-corrected chi connectivity index (χ0v) is 19.5. The molecule has 1 aromatic heterocycles. The minimum absolute atomic E-state index is 0.180. The molecular weight excluding hydrogens is 490 g/mol. The number of morpholine rings is 1. The Morgan fingerprint density at radius 3 is 2.56 bits per heavy atom. The number of nitrogens with zero attached hydrogens (tertiary/aromatic N) is 1. The third kappa shape index (κ3) is 5.30. The van der Waals surface area contributed by atoms with Crippen LogP contribution in [0.1, 0.15) is 25.6 Å². The van der Waals surface area contributed by atoms with Gasteiger partial charge >= 0.3 is 5.97 Å². The van der Waals surface area contributed by atoms with Crippen molar-refractivity contribution in [1.82, 2.24) is 4.90 Å². The van der Waals surface area contributed by atoms with E-state index >= 15 is 0 Å². The maximum Gasteiger partial charge on any atom is 0.348 e. The molecule has 2 heterocycles. The number of thiophene rings is 1. The van der Waals surface area contributed by atoms with Gasteiger partial charge in [0.15, 0.2) is 17.4 Å². The number of esters is 1. The highest BCUT2D eigenvalue weighted by molar-refractivity contribution is 7.21. The average molecular weight is 511 g/mol. The van der Waals surface area contributed by atoms with Gasteiger partial charge in [-0.25, -0.2) is 13.6 Å². The highest BCUT2D eigenvalue weighted by Gasteiger charge is 2.24. The summed E-state index contributed by atoms with van der Waals surface area (Å²) < 4.78 is 45.7. The summed E-state index contributed by atoms with van der Waals surface area (Å²) in [7, 11) is 0. The second-order valence-electron chi connectivity index (χ2n) is 7.53. The maximum atomic E-state index is 14.4. The van der Waals surface area contributed by atoms with Crippen molar-refractivity contribution in [1.29, 1.82) is 0 Å². The number of hydrogen-bond acceptors (Lipinski definition) is 7. The molecule has 4 rings (SSSR count). The fourth-order valence-electron chi connectivity index (χ4n) is 3.61. The van der Waals surface area contributed by atoms with Crippen LogP contribution < -0.4 is 10.5 Å². The molecule has 11 heteroatoms. The lowest BCUT2D eigenvalue weighted by Gasteiger charge is -2.26. The molecule has 1 saturated heterocycles. The van der Waals surface area contributed by atoms with Gasteiger partial charge in [0.2, 0.25) is 5.91 Å². The second kappa shape index (κ2) is 10.6. The van der Waals surface area contributed by atoms with Gasteiger partial charge in [-0.2, -0.15) is 0 Å². The van der Waals surface area contributed by atoms with Gasteiger partial charge in [0, 0.05) is 45.9 Å². The van der Waals surface area contributed by atoms with Crippen LogP contribution >= 0.6 is 22.9 Å². The summed E-state index contributed by atoms with van der Waals surface area (Å²) in [5.74, 6) is -4.41. The maximum absolute atomic E-state index is 14.4. The molecule has 1 amide bonds. The largest absolute Gasteiger partial charge is 0.483 e. The van der Waals surface area contributed by atoms with Crippen molar-refractivity contribution in [3.63, 3.8) is 0 Å². The Bertz CT molecular complexity index is 1210. The second-order valence-corrected chi connectivity index (χ2v) is 8.99. The number of ether oxygens (including phenoxy) is 3. The molecule has 0 aliphatic carbocycles. The number of hydrogen-bond donors (Lipinski definition) is 1. The number of nitrogens with two attached hydrogens (primary N) is 1. The van der Waals surface area contributed by atoms with E-state index in [2.05, 4.69) is 4.90 Å². The molecule has 180 valence electrons. The average Bonchev–Trinajstić information content (AvgIpc) is 3.19. The van der Waals surface area contributed by atoms with Crippen molar-refractivity contribution >= 4 is 44.9 Å². The molecule has 0 unspecified atom stereocenters. The first kappa shape index (κ1) is 24.3. The van der Waals surface area contributed by atoms with Crippen LogP contribution in [-0.2, 0) is 16.1 Å². The third-order valence-corrected chi connectivity index (χ3v) is 6.83. The van der Waals surface area contributed by atoms with E-state index in [0.717, 1.165) is 36.6 Å². The molecule has 0 bridgehead atoms. The van der Waals surface area contributed by atoms with Crippen LogP contribution in [0, 0.1) is 11.6 Å². The molecule has 0 spiro atoms. The number of halogens is 3. The molecule has 34 heavy (non-hydrogen) atoms. The molecule has 1 fully saturated rings. The topological polar surface area (TPSA) is 91.1 Å². The van der Waals surface area contributed by atoms with Crippen molar-refractivity contribution in [3.8, 4) is 5.75 Å². The molecule has 0 saturated carbocycles. The summed E-state index contributed by atoms with van der Waals surface area (Å²) in [5, 5.41) is 0.911. The summed E-state index contributed by atoms with van der Waals surface area (Å²) in [5.41, 5.74) is 5.12. The summed E-state index contributed by atoms with van der Waals surface area (Å²) in [6, 6.07) is 6.75. The first-order chi connectivity index (χ1) is 16.3. The Hall–Kier alpha value is -2.79. The zero-order valence-electron chi connectivity index (χ0n) is 17.9. The van der Waals surface area contributed by atoms with Gasteiger partial charge in [0.05, 0.1) is 13.2 Å². The first-order valence-electron chi connectivity index (χ1n) is 10.4. The summed E-state index contributed by atoms with van der Waals surface area (Å²) in [4.78, 5) is 26.5. The first-order valence-corrected chi connectivity index (χ1v) is 11.6. The number of primary amides is 1. The fraction of sp³-hybridized carbons (Fsp3) is 0.304. The van der Waals surface area contributed by atoms with E-state index in [1.807, 2.05) is 0 Å². The van der Waals surface area contributed by atoms with Crippen molar-refractivity contribution < 1.29 is 32.6 Å². The molecule has 2 N–H and O–H groups in total. The molecule has 0 atom stereocenters. The van der Waals surface area contributed by atoms with Crippen molar-refractivity contribution in [2.24, 2.45) is 5.73 Å². The van der Waals surface area contributed by atoms with Crippen LogP contribution in [0.4, 0.5) is 8.78 Å². The van der Waals surface area contributed by atoms with Gasteiger partial charge in [0.25, 0.3) is 0 Å². The molecule has 2 aromatic carbocycles. The van der Waals surface area contributed by atoms with E-state index in [9.17, 15) is 18.4 Å². The zero-order chi connectivity index (χ0) is 24.2. The Morgan fingerprint density at radius 1 is 1.18 bits per heavy atom. The van der Waals surface area contributed by atoms with Gasteiger partial charge in [0.1, 0.15) is 18.1 Å². The van der Waals surface area contributed by atoms with Gasteiger partial charge in [-0.3, -0.25) is 9.69 Å². The Kier molecular flexibility index (Phi) is 7.62. The fourth-order valence-corrected chi connectivity index (χ4v) is 5.08. The van der Waals surface area contributed by atoms with Gasteiger partial charge in [-0.05, 0) is 24.3 Å². The monoisotopic (exact) mass is 510 g/mol. The van der Waals surface area contributed by atoms with Gasteiger partial charge < -0.3 is 19.9 Å². The number of rotatable bonds is 8. The van der Waals surface area contributed by atoms with Crippen molar-refractivity contribution in [2.45, 2.75) is 6.61 Å². The number of carbonyl (C=O) groups excluding carboxylic acids is 2. The van der Waals surface area contributed by atoms with E-state index in [1.54, 1.807) is 18.2 Å². The third-order valence-electron chi connectivity index (χ3n) is 5.34. The molecule has 1 aliphatic heterocycles. The predicted molar refractivity (Wildman–Crippen MR) is 124 cm³/mol. The molecule has 1 aliphatic rings. The SMILES string of the molecule is NC(=O)c1cc(F)c(OCc2c(C(=O)OCCN3CCOCC3)sc3cccc(Cl)c23)c(F)c1. The van der Waals surface area contributed by atoms with Crippen LogP contribution in [0.25, 0.3) is 10.1 Å². The quantitative estimate of drug-likeness (QED) is 0.461. The lowest BCUT2D eigenvalue weighted by Crippen LogP contribution is -2.38. The summed E-state index contributed by atoms with van der Waals surface area (Å²) in [6.07, 6.45) is 0. The van der Waals surface area contributed by atoms with E-state index in [-0.39, 0.29) is 23.7 Å². The summed E-state index contributed by atoms with van der Waals surface area (Å²) in [6.45, 7) is 3.20. The van der Waals surface area contributed by atoms with Crippen molar-refractivity contribution in [2.75, 3.05) is 39.5 Å². The molecule has 0 radical (unpaired) electrons. The normalized spacial score (nSPS) is 14.3. The van der Waals surface area contributed by atoms with Gasteiger partial charge in [-0.1, -0.05) is 17.7 Å². The Labute approximate surface area is 202 Å².